The number of piperidine rings is 1. The van der Waals surface area contributed by atoms with Gasteiger partial charge in [-0.1, -0.05) is 18.6 Å². The van der Waals surface area contributed by atoms with Crippen molar-refractivity contribution in [1.82, 2.24) is 4.90 Å². The lowest BCUT2D eigenvalue weighted by atomic mass is 9.97. The second kappa shape index (κ2) is 6.40. The highest BCUT2D eigenvalue weighted by molar-refractivity contribution is 5.46. The molecule has 0 saturated carbocycles. The Morgan fingerprint density at radius 2 is 1.95 bits per heavy atom. The Balaban J connectivity index is 2.11. The summed E-state index contributed by atoms with van der Waals surface area (Å²) in [6, 6.07) is 9.92. The van der Waals surface area contributed by atoms with Crippen molar-refractivity contribution in [2.24, 2.45) is 5.73 Å². The highest BCUT2D eigenvalue weighted by Gasteiger charge is 2.26. The van der Waals surface area contributed by atoms with Gasteiger partial charge in [-0.25, -0.2) is 0 Å². The second-order valence-electron chi connectivity index (χ2n) is 5.79. The lowest BCUT2D eigenvalue weighted by Crippen LogP contribution is -2.45. The van der Waals surface area contributed by atoms with E-state index >= 15 is 0 Å². The van der Waals surface area contributed by atoms with Crippen molar-refractivity contribution in [2.75, 3.05) is 32.1 Å². The van der Waals surface area contributed by atoms with Gasteiger partial charge in [0.15, 0.2) is 0 Å². The number of rotatable bonds is 4. The van der Waals surface area contributed by atoms with E-state index < -0.39 is 0 Å². The molecule has 0 aliphatic carbocycles. The molecule has 19 heavy (non-hydrogen) atoms. The van der Waals surface area contributed by atoms with Crippen molar-refractivity contribution >= 4 is 5.69 Å². The van der Waals surface area contributed by atoms with Gasteiger partial charge in [-0.2, -0.15) is 0 Å². The topological polar surface area (TPSA) is 32.5 Å². The average molecular weight is 261 g/mol. The molecule has 1 aromatic carbocycles. The van der Waals surface area contributed by atoms with E-state index in [0.29, 0.717) is 12.1 Å². The van der Waals surface area contributed by atoms with Crippen molar-refractivity contribution in [2.45, 2.75) is 38.3 Å². The smallest absolute Gasteiger partial charge is 0.0361 e. The Morgan fingerprint density at radius 3 is 2.53 bits per heavy atom. The maximum atomic E-state index is 5.93. The van der Waals surface area contributed by atoms with Crippen molar-refractivity contribution in [1.29, 1.82) is 0 Å². The van der Waals surface area contributed by atoms with Gasteiger partial charge >= 0.3 is 0 Å². The summed E-state index contributed by atoms with van der Waals surface area (Å²) in [6.45, 7) is 4.26. The first-order chi connectivity index (χ1) is 9.13. The van der Waals surface area contributed by atoms with Gasteiger partial charge < -0.3 is 10.6 Å². The number of nitrogens with two attached hydrogens (primary N) is 1. The molecule has 0 aromatic heterocycles. The summed E-state index contributed by atoms with van der Waals surface area (Å²) in [5.41, 5.74) is 8.57. The summed E-state index contributed by atoms with van der Waals surface area (Å²) in [6.07, 6.45) is 3.87. The first-order valence-electron chi connectivity index (χ1n) is 7.36. The third-order valence-corrected chi connectivity index (χ3v) is 4.33. The fourth-order valence-corrected chi connectivity index (χ4v) is 3.03. The fraction of sp³-hybridized carbons (Fsp3) is 0.625. The van der Waals surface area contributed by atoms with Gasteiger partial charge in [0.2, 0.25) is 0 Å². The largest absolute Gasteiger partial charge is 0.378 e. The lowest BCUT2D eigenvalue weighted by Gasteiger charge is -2.39. The SMILES string of the molecule is CC(c1ccc(N(C)C)cc1)N1CCCCC1CN. The number of benzene rings is 1. The summed E-state index contributed by atoms with van der Waals surface area (Å²) in [4.78, 5) is 4.71. The Kier molecular flexibility index (Phi) is 4.83. The van der Waals surface area contributed by atoms with Crippen molar-refractivity contribution in [3.05, 3.63) is 29.8 Å². The molecule has 0 spiro atoms. The van der Waals surface area contributed by atoms with E-state index in [1.807, 2.05) is 0 Å². The third-order valence-electron chi connectivity index (χ3n) is 4.33. The zero-order chi connectivity index (χ0) is 13.8. The van der Waals surface area contributed by atoms with Crippen molar-refractivity contribution in [3.63, 3.8) is 0 Å². The third kappa shape index (κ3) is 3.28. The van der Waals surface area contributed by atoms with E-state index in [4.69, 9.17) is 5.73 Å². The molecule has 1 fully saturated rings. The van der Waals surface area contributed by atoms with Crippen LogP contribution in [0.2, 0.25) is 0 Å². The molecule has 2 unspecified atom stereocenters. The summed E-state index contributed by atoms with van der Waals surface area (Å²) < 4.78 is 0. The predicted molar refractivity (Wildman–Crippen MR) is 82.6 cm³/mol. The molecule has 1 heterocycles. The Morgan fingerprint density at radius 1 is 1.26 bits per heavy atom. The number of hydrogen-bond donors (Lipinski definition) is 1. The van der Waals surface area contributed by atoms with Crippen molar-refractivity contribution in [3.8, 4) is 0 Å². The zero-order valence-corrected chi connectivity index (χ0v) is 12.5. The standard InChI is InChI=1S/C16H27N3/c1-13(19-11-5-4-6-16(19)12-17)14-7-9-15(10-8-14)18(2)3/h7-10,13,16H,4-6,11-12,17H2,1-3H3. The monoisotopic (exact) mass is 261 g/mol. The van der Waals surface area contributed by atoms with E-state index in [1.165, 1.54) is 37.1 Å². The van der Waals surface area contributed by atoms with Crippen LogP contribution in [0.1, 0.15) is 37.8 Å². The molecule has 0 bridgehead atoms. The zero-order valence-electron chi connectivity index (χ0n) is 12.5. The molecule has 106 valence electrons. The molecule has 1 aliphatic heterocycles. The molecule has 1 aromatic rings. The maximum Gasteiger partial charge on any atom is 0.0361 e. The first kappa shape index (κ1) is 14.4. The number of hydrogen-bond acceptors (Lipinski definition) is 3. The Bertz CT molecular complexity index is 385. The normalized spacial score (nSPS) is 22.2. The van der Waals surface area contributed by atoms with Crippen LogP contribution in [0.15, 0.2) is 24.3 Å². The fourth-order valence-electron chi connectivity index (χ4n) is 3.03. The predicted octanol–water partition coefficient (Wildman–Crippen LogP) is 2.63. The minimum absolute atomic E-state index is 0.463. The van der Waals surface area contributed by atoms with Gasteiger partial charge in [0.1, 0.15) is 0 Å². The van der Waals surface area contributed by atoms with E-state index in [2.05, 4.69) is 55.1 Å². The van der Waals surface area contributed by atoms with E-state index in [9.17, 15) is 0 Å². The second-order valence-corrected chi connectivity index (χ2v) is 5.79. The highest BCUT2D eigenvalue weighted by Crippen LogP contribution is 2.28. The van der Waals surface area contributed by atoms with Gasteiger partial charge in [-0.05, 0) is 44.0 Å². The minimum atomic E-state index is 0.463. The van der Waals surface area contributed by atoms with Crippen LogP contribution in [-0.4, -0.2) is 38.1 Å². The number of likely N-dealkylation sites (tertiary alicyclic amines) is 1. The molecular formula is C16H27N3. The van der Waals surface area contributed by atoms with Gasteiger partial charge in [0.25, 0.3) is 0 Å². The van der Waals surface area contributed by atoms with Crippen LogP contribution in [-0.2, 0) is 0 Å². The summed E-state index contributed by atoms with van der Waals surface area (Å²) in [5.74, 6) is 0. The highest BCUT2D eigenvalue weighted by atomic mass is 15.2. The first-order valence-corrected chi connectivity index (χ1v) is 7.36. The Hall–Kier alpha value is -1.06. The van der Waals surface area contributed by atoms with E-state index in [-0.39, 0.29) is 0 Å². The number of anilines is 1. The molecule has 0 amide bonds. The van der Waals surface area contributed by atoms with E-state index in [1.54, 1.807) is 0 Å². The van der Waals surface area contributed by atoms with E-state index in [0.717, 1.165) is 6.54 Å². The van der Waals surface area contributed by atoms with Gasteiger partial charge in [-0.15, -0.1) is 0 Å². The molecule has 0 radical (unpaired) electrons. The van der Waals surface area contributed by atoms with Crippen LogP contribution in [0, 0.1) is 0 Å². The van der Waals surface area contributed by atoms with Gasteiger partial charge in [-0.3, -0.25) is 4.90 Å². The van der Waals surface area contributed by atoms with Crippen LogP contribution >= 0.6 is 0 Å². The quantitative estimate of drug-likeness (QED) is 0.904. The molecule has 1 aliphatic rings. The van der Waals surface area contributed by atoms with Gasteiger partial charge in [0, 0.05) is 38.4 Å². The molecule has 2 rings (SSSR count). The lowest BCUT2D eigenvalue weighted by molar-refractivity contribution is 0.108. The van der Waals surface area contributed by atoms with Crippen LogP contribution in [0.3, 0.4) is 0 Å². The summed E-state index contributed by atoms with van der Waals surface area (Å²) in [5, 5.41) is 0. The van der Waals surface area contributed by atoms with Crippen molar-refractivity contribution < 1.29 is 0 Å². The van der Waals surface area contributed by atoms with Crippen LogP contribution < -0.4 is 10.6 Å². The summed E-state index contributed by atoms with van der Waals surface area (Å²) >= 11 is 0. The van der Waals surface area contributed by atoms with Crippen LogP contribution in [0.5, 0.6) is 0 Å². The maximum absolute atomic E-state index is 5.93. The number of nitrogens with zero attached hydrogens (tertiary/aromatic N) is 2. The molecule has 1 saturated heterocycles. The molecule has 3 nitrogen and oxygen atoms in total. The molecular weight excluding hydrogens is 234 g/mol. The molecule has 2 N–H and O–H groups in total. The summed E-state index contributed by atoms with van der Waals surface area (Å²) in [7, 11) is 4.15. The van der Waals surface area contributed by atoms with Crippen LogP contribution in [0.25, 0.3) is 0 Å². The van der Waals surface area contributed by atoms with Crippen LogP contribution in [0.4, 0.5) is 5.69 Å². The van der Waals surface area contributed by atoms with Gasteiger partial charge in [0.05, 0.1) is 0 Å². The molecule has 2 atom stereocenters. The average Bonchev–Trinajstić information content (AvgIpc) is 2.46. The minimum Gasteiger partial charge on any atom is -0.378 e. The Labute approximate surface area is 117 Å². The molecule has 3 heteroatoms.